The minimum Gasteiger partial charge on any atom is -0.487 e. The van der Waals surface area contributed by atoms with Crippen LogP contribution in [-0.2, 0) is 11.4 Å². The summed E-state index contributed by atoms with van der Waals surface area (Å²) in [6.07, 6.45) is 1.04. The second-order valence-electron chi connectivity index (χ2n) is 4.25. The Morgan fingerprint density at radius 1 is 1.25 bits per heavy atom. The molecule has 5 heteroatoms. The van der Waals surface area contributed by atoms with Crippen molar-refractivity contribution in [2.45, 2.75) is 19.6 Å². The molecule has 2 N–H and O–H groups in total. The Bertz CT molecular complexity index is 572. The van der Waals surface area contributed by atoms with Gasteiger partial charge in [-0.1, -0.05) is 12.1 Å². The van der Waals surface area contributed by atoms with Crippen molar-refractivity contribution < 1.29 is 14.3 Å². The van der Waals surface area contributed by atoms with Gasteiger partial charge in [0.1, 0.15) is 18.1 Å². The average molecular weight is 272 g/mol. The smallest absolute Gasteiger partial charge is 0.258 e. The predicted octanol–water partition coefficient (Wildman–Crippen LogP) is 1.91. The molecule has 0 fully saturated rings. The van der Waals surface area contributed by atoms with Crippen LogP contribution < -0.4 is 15.2 Å². The largest absolute Gasteiger partial charge is 0.487 e. The molecule has 2 aromatic rings. The lowest BCUT2D eigenvalue weighted by molar-refractivity contribution is -0.123. The molecular formula is C15H16N2O3. The van der Waals surface area contributed by atoms with Crippen molar-refractivity contribution in [1.82, 2.24) is 4.98 Å². The van der Waals surface area contributed by atoms with Gasteiger partial charge in [0.15, 0.2) is 6.10 Å². The van der Waals surface area contributed by atoms with Gasteiger partial charge in [0.05, 0.1) is 5.69 Å². The van der Waals surface area contributed by atoms with Crippen LogP contribution in [0.15, 0.2) is 48.7 Å². The topological polar surface area (TPSA) is 74.4 Å². The van der Waals surface area contributed by atoms with Gasteiger partial charge < -0.3 is 15.2 Å². The zero-order chi connectivity index (χ0) is 14.4. The fourth-order valence-corrected chi connectivity index (χ4v) is 1.54. The maximum absolute atomic E-state index is 11.0. The summed E-state index contributed by atoms with van der Waals surface area (Å²) in [5, 5.41) is 0. The van der Waals surface area contributed by atoms with Gasteiger partial charge in [-0.25, -0.2) is 0 Å². The highest BCUT2D eigenvalue weighted by atomic mass is 16.5. The fourth-order valence-electron chi connectivity index (χ4n) is 1.54. The number of ether oxygens (including phenoxy) is 2. The van der Waals surface area contributed by atoms with E-state index in [2.05, 4.69) is 4.98 Å². The van der Waals surface area contributed by atoms with Crippen LogP contribution in [0, 0.1) is 0 Å². The third-order valence-electron chi connectivity index (χ3n) is 2.63. The zero-order valence-electron chi connectivity index (χ0n) is 11.2. The summed E-state index contributed by atoms with van der Waals surface area (Å²) in [4.78, 5) is 15.1. The summed E-state index contributed by atoms with van der Waals surface area (Å²) in [5.41, 5.74) is 5.99. The number of hydrogen-bond donors (Lipinski definition) is 1. The minimum atomic E-state index is -0.680. The summed E-state index contributed by atoms with van der Waals surface area (Å²) in [5.74, 6) is 0.671. The first kappa shape index (κ1) is 13.9. The molecule has 1 aromatic carbocycles. The van der Waals surface area contributed by atoms with E-state index in [4.69, 9.17) is 15.2 Å². The highest BCUT2D eigenvalue weighted by Gasteiger charge is 2.10. The van der Waals surface area contributed by atoms with Crippen molar-refractivity contribution in [3.8, 4) is 11.5 Å². The number of primary amides is 1. The van der Waals surface area contributed by atoms with E-state index in [0.717, 1.165) is 5.69 Å². The summed E-state index contributed by atoms with van der Waals surface area (Å²) >= 11 is 0. The molecular weight excluding hydrogens is 256 g/mol. The third-order valence-corrected chi connectivity index (χ3v) is 2.63. The molecule has 0 radical (unpaired) electrons. The van der Waals surface area contributed by atoms with E-state index in [1.807, 2.05) is 24.3 Å². The minimum absolute atomic E-state index is 0.371. The monoisotopic (exact) mass is 272 g/mol. The molecule has 104 valence electrons. The lowest BCUT2D eigenvalue weighted by atomic mass is 10.3. The number of rotatable bonds is 6. The molecule has 2 rings (SSSR count). The van der Waals surface area contributed by atoms with Crippen molar-refractivity contribution in [2.75, 3.05) is 0 Å². The standard InChI is InChI=1S/C15H16N2O3/c1-11(15(16)18)20-14-7-4-6-13(9-14)19-10-12-5-2-3-8-17-12/h2-9,11H,10H2,1H3,(H2,16,18). The van der Waals surface area contributed by atoms with Crippen LogP contribution in [-0.4, -0.2) is 17.0 Å². The van der Waals surface area contributed by atoms with E-state index in [9.17, 15) is 4.79 Å². The molecule has 0 saturated heterocycles. The summed E-state index contributed by atoms with van der Waals surface area (Å²) in [6, 6.07) is 12.7. The Balaban J connectivity index is 1.97. The molecule has 0 spiro atoms. The van der Waals surface area contributed by atoms with E-state index in [0.29, 0.717) is 18.1 Å². The molecule has 1 aromatic heterocycles. The highest BCUT2D eigenvalue weighted by Crippen LogP contribution is 2.21. The van der Waals surface area contributed by atoms with Gasteiger partial charge >= 0.3 is 0 Å². The maximum Gasteiger partial charge on any atom is 0.258 e. The number of amides is 1. The molecule has 20 heavy (non-hydrogen) atoms. The first-order valence-corrected chi connectivity index (χ1v) is 6.24. The summed E-state index contributed by atoms with van der Waals surface area (Å²) in [7, 11) is 0. The lowest BCUT2D eigenvalue weighted by Gasteiger charge is -2.12. The van der Waals surface area contributed by atoms with E-state index in [1.54, 1.807) is 31.3 Å². The van der Waals surface area contributed by atoms with Crippen molar-refractivity contribution in [3.05, 3.63) is 54.4 Å². The number of hydrogen-bond acceptors (Lipinski definition) is 4. The van der Waals surface area contributed by atoms with Gasteiger partial charge in [-0.3, -0.25) is 9.78 Å². The number of aromatic nitrogens is 1. The van der Waals surface area contributed by atoms with Crippen LogP contribution >= 0.6 is 0 Å². The SMILES string of the molecule is CC(Oc1cccc(OCc2ccccn2)c1)C(N)=O. The van der Waals surface area contributed by atoms with Crippen molar-refractivity contribution >= 4 is 5.91 Å². The van der Waals surface area contributed by atoms with Gasteiger partial charge in [0, 0.05) is 12.3 Å². The number of nitrogens with zero attached hydrogens (tertiary/aromatic N) is 1. The molecule has 0 aliphatic heterocycles. The van der Waals surface area contributed by atoms with Crippen LogP contribution in [0.4, 0.5) is 0 Å². The molecule has 0 saturated carbocycles. The number of pyridine rings is 1. The van der Waals surface area contributed by atoms with E-state index in [-0.39, 0.29) is 0 Å². The number of nitrogens with two attached hydrogens (primary N) is 1. The van der Waals surface area contributed by atoms with Crippen LogP contribution in [0.5, 0.6) is 11.5 Å². The Labute approximate surface area is 117 Å². The second kappa shape index (κ2) is 6.56. The molecule has 5 nitrogen and oxygen atoms in total. The number of benzene rings is 1. The fraction of sp³-hybridized carbons (Fsp3) is 0.200. The van der Waals surface area contributed by atoms with Gasteiger partial charge in [0.25, 0.3) is 5.91 Å². The first-order chi connectivity index (χ1) is 9.65. The molecule has 0 aliphatic rings. The van der Waals surface area contributed by atoms with Gasteiger partial charge in [-0.05, 0) is 31.2 Å². The first-order valence-electron chi connectivity index (χ1n) is 6.24. The normalized spacial score (nSPS) is 11.7. The Morgan fingerprint density at radius 2 is 2.05 bits per heavy atom. The molecule has 0 bridgehead atoms. The maximum atomic E-state index is 11.0. The quantitative estimate of drug-likeness (QED) is 0.871. The lowest BCUT2D eigenvalue weighted by Crippen LogP contribution is -2.30. The van der Waals surface area contributed by atoms with E-state index >= 15 is 0 Å². The van der Waals surface area contributed by atoms with Crippen molar-refractivity contribution in [1.29, 1.82) is 0 Å². The molecule has 0 aliphatic carbocycles. The molecule has 1 atom stereocenters. The van der Waals surface area contributed by atoms with Crippen LogP contribution in [0.1, 0.15) is 12.6 Å². The van der Waals surface area contributed by atoms with Crippen LogP contribution in [0.2, 0.25) is 0 Å². The summed E-state index contributed by atoms with van der Waals surface area (Å²) < 4.78 is 11.0. The number of carbonyl (C=O) groups excluding carboxylic acids is 1. The van der Waals surface area contributed by atoms with Crippen molar-refractivity contribution in [3.63, 3.8) is 0 Å². The Kier molecular flexibility index (Phi) is 4.55. The average Bonchev–Trinajstić information content (AvgIpc) is 2.46. The molecule has 1 heterocycles. The molecule has 1 amide bonds. The van der Waals surface area contributed by atoms with Gasteiger partial charge in [-0.15, -0.1) is 0 Å². The van der Waals surface area contributed by atoms with E-state index < -0.39 is 12.0 Å². The summed E-state index contributed by atoms with van der Waals surface area (Å²) in [6.45, 7) is 1.97. The van der Waals surface area contributed by atoms with Crippen molar-refractivity contribution in [2.24, 2.45) is 5.73 Å². The highest BCUT2D eigenvalue weighted by molar-refractivity contribution is 5.78. The molecule has 1 unspecified atom stereocenters. The predicted molar refractivity (Wildman–Crippen MR) is 74.3 cm³/mol. The van der Waals surface area contributed by atoms with Crippen LogP contribution in [0.3, 0.4) is 0 Å². The Morgan fingerprint density at radius 3 is 2.75 bits per heavy atom. The van der Waals surface area contributed by atoms with Gasteiger partial charge in [-0.2, -0.15) is 0 Å². The second-order valence-corrected chi connectivity index (χ2v) is 4.25. The zero-order valence-corrected chi connectivity index (χ0v) is 11.2. The number of carbonyl (C=O) groups is 1. The third kappa shape index (κ3) is 3.98. The van der Waals surface area contributed by atoms with Gasteiger partial charge in [0.2, 0.25) is 0 Å². The Hall–Kier alpha value is -2.56. The van der Waals surface area contributed by atoms with Crippen LogP contribution in [0.25, 0.3) is 0 Å². The van der Waals surface area contributed by atoms with E-state index in [1.165, 1.54) is 0 Å².